The SMILES string of the molecule is Cl.NCc1nc(CN2CCOC(c3ccccc3F)C2)no1. The van der Waals surface area contributed by atoms with Gasteiger partial charge >= 0.3 is 0 Å². The predicted molar refractivity (Wildman–Crippen MR) is 79.8 cm³/mol. The molecule has 2 aromatic rings. The molecule has 22 heavy (non-hydrogen) atoms. The van der Waals surface area contributed by atoms with E-state index in [4.69, 9.17) is 15.0 Å². The molecule has 1 unspecified atom stereocenters. The lowest BCUT2D eigenvalue weighted by molar-refractivity contribution is -0.0353. The van der Waals surface area contributed by atoms with Gasteiger partial charge in [0.1, 0.15) is 5.82 Å². The van der Waals surface area contributed by atoms with Crippen LogP contribution in [0, 0.1) is 5.82 Å². The molecule has 1 aromatic heterocycles. The van der Waals surface area contributed by atoms with Crippen LogP contribution < -0.4 is 5.73 Å². The molecule has 0 amide bonds. The van der Waals surface area contributed by atoms with Gasteiger partial charge < -0.3 is 15.0 Å². The van der Waals surface area contributed by atoms with Crippen molar-refractivity contribution in [2.45, 2.75) is 19.2 Å². The molecule has 120 valence electrons. The summed E-state index contributed by atoms with van der Waals surface area (Å²) < 4.78 is 24.5. The molecule has 0 spiro atoms. The van der Waals surface area contributed by atoms with E-state index in [1.54, 1.807) is 12.1 Å². The van der Waals surface area contributed by atoms with Crippen molar-refractivity contribution in [3.63, 3.8) is 0 Å². The number of morpholine rings is 1. The first kappa shape index (κ1) is 16.8. The van der Waals surface area contributed by atoms with E-state index in [1.807, 2.05) is 6.07 Å². The highest BCUT2D eigenvalue weighted by Crippen LogP contribution is 2.25. The van der Waals surface area contributed by atoms with Crippen LogP contribution in [0.5, 0.6) is 0 Å². The maximum absolute atomic E-state index is 13.8. The summed E-state index contributed by atoms with van der Waals surface area (Å²) in [6, 6.07) is 6.69. The van der Waals surface area contributed by atoms with Crippen LogP contribution in [0.15, 0.2) is 28.8 Å². The molecule has 0 aliphatic carbocycles. The first-order chi connectivity index (χ1) is 10.3. The highest BCUT2D eigenvalue weighted by Gasteiger charge is 2.25. The number of aromatic nitrogens is 2. The number of nitrogens with zero attached hydrogens (tertiary/aromatic N) is 3. The van der Waals surface area contributed by atoms with Gasteiger partial charge in [0.15, 0.2) is 5.82 Å². The fourth-order valence-corrected chi connectivity index (χ4v) is 2.41. The third kappa shape index (κ3) is 3.80. The highest BCUT2D eigenvalue weighted by atomic mass is 35.5. The molecule has 0 saturated carbocycles. The van der Waals surface area contributed by atoms with Crippen LogP contribution >= 0.6 is 12.4 Å². The zero-order valence-electron chi connectivity index (χ0n) is 11.9. The summed E-state index contributed by atoms with van der Waals surface area (Å²) in [7, 11) is 0. The summed E-state index contributed by atoms with van der Waals surface area (Å²) in [6.45, 7) is 2.65. The zero-order chi connectivity index (χ0) is 14.7. The molecule has 1 atom stereocenters. The molecule has 3 rings (SSSR count). The molecule has 1 saturated heterocycles. The van der Waals surface area contributed by atoms with Crippen molar-refractivity contribution >= 4 is 12.4 Å². The minimum atomic E-state index is -0.277. The Bertz CT molecular complexity index is 610. The molecule has 1 aliphatic rings. The second kappa shape index (κ2) is 7.64. The number of nitrogens with two attached hydrogens (primary N) is 1. The Hall–Kier alpha value is -1.54. The van der Waals surface area contributed by atoms with E-state index in [1.165, 1.54) is 6.07 Å². The van der Waals surface area contributed by atoms with E-state index in [9.17, 15) is 4.39 Å². The Labute approximate surface area is 133 Å². The maximum Gasteiger partial charge on any atom is 0.240 e. The minimum Gasteiger partial charge on any atom is -0.371 e. The number of hydrogen-bond acceptors (Lipinski definition) is 6. The van der Waals surface area contributed by atoms with Crippen LogP contribution in [0.25, 0.3) is 0 Å². The van der Waals surface area contributed by atoms with Gasteiger partial charge in [-0.1, -0.05) is 23.4 Å². The quantitative estimate of drug-likeness (QED) is 0.919. The maximum atomic E-state index is 13.8. The molecule has 0 bridgehead atoms. The Morgan fingerprint density at radius 3 is 2.91 bits per heavy atom. The first-order valence-corrected chi connectivity index (χ1v) is 6.86. The molecular formula is C14H18ClFN4O2. The number of benzene rings is 1. The standard InChI is InChI=1S/C14H17FN4O2.ClH/c15-11-4-2-1-3-10(11)12-8-19(5-6-20-12)9-13-17-14(7-16)21-18-13;/h1-4,12H,5-9,16H2;1H. The van der Waals surface area contributed by atoms with Crippen molar-refractivity contribution in [1.82, 2.24) is 15.0 Å². The number of rotatable bonds is 4. The van der Waals surface area contributed by atoms with Crippen molar-refractivity contribution in [3.05, 3.63) is 47.4 Å². The third-order valence-corrected chi connectivity index (χ3v) is 3.45. The van der Waals surface area contributed by atoms with Gasteiger partial charge in [-0.25, -0.2) is 4.39 Å². The van der Waals surface area contributed by atoms with E-state index in [2.05, 4.69) is 15.0 Å². The fraction of sp³-hybridized carbons (Fsp3) is 0.429. The van der Waals surface area contributed by atoms with Crippen molar-refractivity contribution in [2.24, 2.45) is 5.73 Å². The van der Waals surface area contributed by atoms with Crippen LogP contribution in [0.1, 0.15) is 23.4 Å². The topological polar surface area (TPSA) is 77.4 Å². The Balaban J connectivity index is 0.00000176. The minimum absolute atomic E-state index is 0. The van der Waals surface area contributed by atoms with Gasteiger partial charge in [0, 0.05) is 18.7 Å². The third-order valence-electron chi connectivity index (χ3n) is 3.45. The molecule has 1 aromatic carbocycles. The van der Waals surface area contributed by atoms with Gasteiger partial charge in [0.05, 0.1) is 25.8 Å². The number of halogens is 2. The molecule has 2 heterocycles. The van der Waals surface area contributed by atoms with E-state index in [0.29, 0.717) is 37.0 Å². The lowest BCUT2D eigenvalue weighted by Gasteiger charge is -2.32. The molecule has 2 N–H and O–H groups in total. The predicted octanol–water partition coefficient (Wildman–Crippen LogP) is 1.66. The van der Waals surface area contributed by atoms with E-state index < -0.39 is 0 Å². The number of hydrogen-bond donors (Lipinski definition) is 1. The normalized spacial score (nSPS) is 18.9. The van der Waals surface area contributed by atoms with Crippen LogP contribution in [-0.2, 0) is 17.8 Å². The molecule has 8 heteroatoms. The van der Waals surface area contributed by atoms with Gasteiger partial charge in [-0.05, 0) is 6.07 Å². The average Bonchev–Trinajstić information content (AvgIpc) is 2.96. The molecule has 1 fully saturated rings. The van der Waals surface area contributed by atoms with Gasteiger partial charge in [-0.3, -0.25) is 4.90 Å². The van der Waals surface area contributed by atoms with Crippen molar-refractivity contribution in [2.75, 3.05) is 19.7 Å². The van der Waals surface area contributed by atoms with E-state index >= 15 is 0 Å². The summed E-state index contributed by atoms with van der Waals surface area (Å²) in [5.41, 5.74) is 6.02. The van der Waals surface area contributed by atoms with Crippen LogP contribution in [0.2, 0.25) is 0 Å². The van der Waals surface area contributed by atoms with E-state index in [0.717, 1.165) is 6.54 Å². The smallest absolute Gasteiger partial charge is 0.240 e. The van der Waals surface area contributed by atoms with Gasteiger partial charge in [-0.2, -0.15) is 4.98 Å². The molecule has 0 radical (unpaired) electrons. The second-order valence-corrected chi connectivity index (χ2v) is 4.92. The van der Waals surface area contributed by atoms with Crippen molar-refractivity contribution in [3.8, 4) is 0 Å². The Morgan fingerprint density at radius 2 is 2.18 bits per heavy atom. The van der Waals surface area contributed by atoms with Crippen LogP contribution in [-0.4, -0.2) is 34.7 Å². The second-order valence-electron chi connectivity index (χ2n) is 4.92. The lowest BCUT2D eigenvalue weighted by atomic mass is 10.1. The lowest BCUT2D eigenvalue weighted by Crippen LogP contribution is -2.38. The summed E-state index contributed by atoms with van der Waals surface area (Å²) in [5.74, 6) is 0.767. The fourth-order valence-electron chi connectivity index (χ4n) is 2.41. The van der Waals surface area contributed by atoms with Crippen molar-refractivity contribution in [1.29, 1.82) is 0 Å². The Morgan fingerprint density at radius 1 is 1.36 bits per heavy atom. The highest BCUT2D eigenvalue weighted by molar-refractivity contribution is 5.85. The van der Waals surface area contributed by atoms with Crippen molar-refractivity contribution < 1.29 is 13.7 Å². The summed E-state index contributed by atoms with van der Waals surface area (Å²) in [6.07, 6.45) is -0.277. The molecule has 1 aliphatic heterocycles. The monoisotopic (exact) mass is 328 g/mol. The number of ether oxygens (including phenoxy) is 1. The van der Waals surface area contributed by atoms with Gasteiger partial charge in [0.2, 0.25) is 5.89 Å². The summed E-state index contributed by atoms with van der Waals surface area (Å²) >= 11 is 0. The summed E-state index contributed by atoms with van der Waals surface area (Å²) in [4.78, 5) is 6.30. The van der Waals surface area contributed by atoms with Crippen LogP contribution in [0.3, 0.4) is 0 Å². The summed E-state index contributed by atoms with van der Waals surface area (Å²) in [5, 5.41) is 3.87. The van der Waals surface area contributed by atoms with Gasteiger partial charge in [0.25, 0.3) is 0 Å². The molecular weight excluding hydrogens is 311 g/mol. The van der Waals surface area contributed by atoms with Crippen LogP contribution in [0.4, 0.5) is 4.39 Å². The molecule has 6 nitrogen and oxygen atoms in total. The van der Waals surface area contributed by atoms with Gasteiger partial charge in [-0.15, -0.1) is 12.4 Å². The zero-order valence-corrected chi connectivity index (χ0v) is 12.8. The largest absolute Gasteiger partial charge is 0.371 e. The Kier molecular flexibility index (Phi) is 5.84. The van der Waals surface area contributed by atoms with E-state index in [-0.39, 0.29) is 30.9 Å². The average molecular weight is 329 g/mol. The first-order valence-electron chi connectivity index (χ1n) is 6.86.